The zero-order valence-corrected chi connectivity index (χ0v) is 11.9. The molecule has 1 saturated carbocycles. The molecule has 100 valence electrons. The molecule has 2 heterocycles. The summed E-state index contributed by atoms with van der Waals surface area (Å²) in [6.07, 6.45) is 3.19. The molecule has 3 rings (SSSR count). The smallest absolute Gasteiger partial charge is 0.252 e. The van der Waals surface area contributed by atoms with Gasteiger partial charge in [0.15, 0.2) is 0 Å². The third kappa shape index (κ3) is 1.82. The van der Waals surface area contributed by atoms with Gasteiger partial charge in [0.2, 0.25) is 0 Å². The number of aliphatic hydroxyl groups excluding tert-OH is 1. The number of fused-ring (bicyclic) bond motifs is 2. The molecule has 6 heteroatoms. The first-order valence-corrected chi connectivity index (χ1v) is 8.50. The molecule has 0 spiro atoms. The fraction of sp³-hybridized carbons (Fsp3) is 0.667. The molecule has 0 aromatic carbocycles. The van der Waals surface area contributed by atoms with E-state index in [-0.39, 0.29) is 12.6 Å². The number of piperidine rings is 1. The lowest BCUT2D eigenvalue weighted by Gasteiger charge is -2.25. The van der Waals surface area contributed by atoms with Crippen molar-refractivity contribution in [1.82, 2.24) is 4.31 Å². The second kappa shape index (κ2) is 4.30. The molecule has 18 heavy (non-hydrogen) atoms. The van der Waals surface area contributed by atoms with Gasteiger partial charge in [-0.15, -0.1) is 11.3 Å². The Labute approximate surface area is 111 Å². The van der Waals surface area contributed by atoms with Gasteiger partial charge in [0.1, 0.15) is 4.21 Å². The second-order valence-electron chi connectivity index (χ2n) is 5.24. The molecule has 2 fully saturated rings. The first kappa shape index (κ1) is 12.6. The average Bonchev–Trinajstić information content (AvgIpc) is 3.02. The summed E-state index contributed by atoms with van der Waals surface area (Å²) < 4.78 is 27.2. The minimum Gasteiger partial charge on any atom is -0.391 e. The van der Waals surface area contributed by atoms with Crippen molar-refractivity contribution in [2.75, 3.05) is 6.54 Å². The average molecular weight is 287 g/mol. The van der Waals surface area contributed by atoms with E-state index in [4.69, 9.17) is 0 Å². The lowest BCUT2D eigenvalue weighted by atomic mass is 10.1. The zero-order valence-electron chi connectivity index (χ0n) is 10.3. The highest BCUT2D eigenvalue weighted by Crippen LogP contribution is 2.41. The van der Waals surface area contributed by atoms with Crippen molar-refractivity contribution < 1.29 is 13.5 Å². The predicted molar refractivity (Wildman–Crippen MR) is 70.0 cm³/mol. The number of thiophene rings is 1. The van der Waals surface area contributed by atoms with Gasteiger partial charge in [-0.25, -0.2) is 8.42 Å². The molecule has 1 aromatic rings. The van der Waals surface area contributed by atoms with Crippen LogP contribution in [0.4, 0.5) is 0 Å². The van der Waals surface area contributed by atoms with Crippen molar-refractivity contribution in [3.05, 3.63) is 16.5 Å². The van der Waals surface area contributed by atoms with E-state index in [9.17, 15) is 13.5 Å². The van der Waals surface area contributed by atoms with Gasteiger partial charge in [0, 0.05) is 17.5 Å². The van der Waals surface area contributed by atoms with Gasteiger partial charge in [0.05, 0.1) is 6.61 Å². The number of hydrogen-bond donors (Lipinski definition) is 1. The van der Waals surface area contributed by atoms with Gasteiger partial charge < -0.3 is 5.11 Å². The van der Waals surface area contributed by atoms with Crippen molar-refractivity contribution in [3.8, 4) is 0 Å². The lowest BCUT2D eigenvalue weighted by molar-refractivity contribution is 0.285. The summed E-state index contributed by atoms with van der Waals surface area (Å²) in [5.41, 5.74) is 0.866. The van der Waals surface area contributed by atoms with Crippen LogP contribution in [0.25, 0.3) is 0 Å². The molecule has 1 aliphatic carbocycles. The van der Waals surface area contributed by atoms with Crippen LogP contribution in [-0.4, -0.2) is 30.4 Å². The Bertz CT molecular complexity index is 564. The van der Waals surface area contributed by atoms with E-state index >= 15 is 0 Å². The topological polar surface area (TPSA) is 57.6 Å². The number of hydrogen-bond acceptors (Lipinski definition) is 4. The van der Waals surface area contributed by atoms with Crippen molar-refractivity contribution in [2.45, 2.75) is 43.0 Å². The molecule has 2 unspecified atom stereocenters. The fourth-order valence-corrected chi connectivity index (χ4v) is 6.38. The van der Waals surface area contributed by atoms with Crippen molar-refractivity contribution in [2.24, 2.45) is 5.92 Å². The molecule has 1 N–H and O–H groups in total. The van der Waals surface area contributed by atoms with Crippen molar-refractivity contribution in [1.29, 1.82) is 0 Å². The van der Waals surface area contributed by atoms with Gasteiger partial charge in [0.25, 0.3) is 10.0 Å². The third-order valence-electron chi connectivity index (χ3n) is 4.06. The first-order chi connectivity index (χ1) is 8.52. The number of aryl methyl sites for hydroxylation is 1. The standard InChI is InChI=1S/C12H17NO3S2/c1-8-4-12(17-11(8)7-14)18(15,16)13-6-9-2-3-10(13)5-9/h4,9-10,14H,2-3,5-7H2,1H3. The zero-order chi connectivity index (χ0) is 12.9. The van der Waals surface area contributed by atoms with Crippen LogP contribution in [0.2, 0.25) is 0 Å². The molecule has 1 saturated heterocycles. The minimum absolute atomic E-state index is 0.0852. The van der Waals surface area contributed by atoms with E-state index in [0.717, 1.165) is 23.3 Å². The van der Waals surface area contributed by atoms with Crippen LogP contribution < -0.4 is 0 Å². The summed E-state index contributed by atoms with van der Waals surface area (Å²) in [7, 11) is -3.34. The number of sulfonamides is 1. The van der Waals surface area contributed by atoms with Crippen LogP contribution >= 0.6 is 11.3 Å². The number of aliphatic hydroxyl groups is 1. The van der Waals surface area contributed by atoms with Crippen LogP contribution in [0.15, 0.2) is 10.3 Å². The minimum atomic E-state index is -3.34. The van der Waals surface area contributed by atoms with Crippen LogP contribution in [-0.2, 0) is 16.6 Å². The molecule has 1 aromatic heterocycles. The van der Waals surface area contributed by atoms with Gasteiger partial charge in [-0.1, -0.05) is 0 Å². The van der Waals surface area contributed by atoms with Crippen LogP contribution in [0.5, 0.6) is 0 Å². The summed E-state index contributed by atoms with van der Waals surface area (Å²) in [6, 6.07) is 1.90. The molecule has 0 amide bonds. The monoisotopic (exact) mass is 287 g/mol. The van der Waals surface area contributed by atoms with E-state index < -0.39 is 10.0 Å². The molecule has 4 nitrogen and oxygen atoms in total. The Morgan fingerprint density at radius 3 is 2.78 bits per heavy atom. The van der Waals surface area contributed by atoms with Crippen LogP contribution in [0.1, 0.15) is 29.7 Å². The van der Waals surface area contributed by atoms with Gasteiger partial charge in [-0.05, 0) is 43.7 Å². The molecular formula is C12H17NO3S2. The van der Waals surface area contributed by atoms with Crippen LogP contribution in [0.3, 0.4) is 0 Å². The third-order valence-corrected chi connectivity index (χ3v) is 7.65. The summed E-state index contributed by atoms with van der Waals surface area (Å²) in [5.74, 6) is 0.558. The molecule has 2 bridgehead atoms. The lowest BCUT2D eigenvalue weighted by Crippen LogP contribution is -2.37. The largest absolute Gasteiger partial charge is 0.391 e. The maximum Gasteiger partial charge on any atom is 0.252 e. The summed E-state index contributed by atoms with van der Waals surface area (Å²) in [4.78, 5) is 0.748. The molecule has 1 aliphatic heterocycles. The Hall–Kier alpha value is -0.430. The Kier molecular flexibility index (Phi) is 3.01. The van der Waals surface area contributed by atoms with Crippen molar-refractivity contribution >= 4 is 21.4 Å². The number of nitrogens with zero attached hydrogens (tertiary/aromatic N) is 1. The predicted octanol–water partition coefficient (Wildman–Crippen LogP) is 1.72. The van der Waals surface area contributed by atoms with E-state index in [1.165, 1.54) is 17.8 Å². The molecule has 2 aliphatic rings. The summed E-state index contributed by atoms with van der Waals surface area (Å²) >= 11 is 1.20. The Morgan fingerprint density at radius 2 is 2.28 bits per heavy atom. The van der Waals surface area contributed by atoms with Gasteiger partial charge >= 0.3 is 0 Å². The van der Waals surface area contributed by atoms with Crippen LogP contribution in [0, 0.1) is 12.8 Å². The van der Waals surface area contributed by atoms with Gasteiger partial charge in [-0.2, -0.15) is 4.31 Å². The fourth-order valence-electron chi connectivity index (χ4n) is 3.06. The molecule has 2 atom stereocenters. The normalized spacial score (nSPS) is 28.1. The van der Waals surface area contributed by atoms with E-state index in [0.29, 0.717) is 16.7 Å². The maximum atomic E-state index is 12.6. The van der Waals surface area contributed by atoms with Crippen molar-refractivity contribution in [3.63, 3.8) is 0 Å². The van der Waals surface area contributed by atoms with E-state index in [1.54, 1.807) is 10.4 Å². The molecular weight excluding hydrogens is 270 g/mol. The highest BCUT2D eigenvalue weighted by Gasteiger charge is 2.44. The molecule has 0 radical (unpaired) electrons. The number of rotatable bonds is 3. The quantitative estimate of drug-likeness (QED) is 0.921. The summed E-state index contributed by atoms with van der Waals surface area (Å²) in [6.45, 7) is 2.44. The Balaban J connectivity index is 1.94. The maximum absolute atomic E-state index is 12.6. The van der Waals surface area contributed by atoms with E-state index in [2.05, 4.69) is 0 Å². The first-order valence-electron chi connectivity index (χ1n) is 6.24. The SMILES string of the molecule is Cc1cc(S(=O)(=O)N2CC3CCC2C3)sc1CO. The highest BCUT2D eigenvalue weighted by molar-refractivity contribution is 7.91. The van der Waals surface area contributed by atoms with E-state index in [1.807, 2.05) is 6.92 Å². The summed E-state index contributed by atoms with van der Waals surface area (Å²) in [5, 5.41) is 9.17. The Morgan fingerprint density at radius 1 is 1.50 bits per heavy atom. The van der Waals surface area contributed by atoms with Gasteiger partial charge in [-0.3, -0.25) is 0 Å². The second-order valence-corrected chi connectivity index (χ2v) is 8.49. The highest BCUT2D eigenvalue weighted by atomic mass is 32.2.